The molecule has 0 aromatic carbocycles. The standard InChI is InChI=1S/C21H26N8S2.ClH/c1-20(2)6-14(7-21(3,4)28-20)29(5)19-27-18-17(31-19)26-16(30-18)13-8-22-15(23-9-13)12-10-24-25-11-12;/h8-11,14,28H,6-7H2,1-5H3,(H,24,25);1H. The van der Waals surface area contributed by atoms with Gasteiger partial charge in [0.15, 0.2) is 20.6 Å². The van der Waals surface area contributed by atoms with Crippen LogP contribution in [0.1, 0.15) is 40.5 Å². The summed E-state index contributed by atoms with van der Waals surface area (Å²) in [6, 6.07) is 0.440. The number of thiazole rings is 2. The molecule has 2 N–H and O–H groups in total. The summed E-state index contributed by atoms with van der Waals surface area (Å²) in [7, 11) is 2.16. The van der Waals surface area contributed by atoms with Crippen molar-refractivity contribution in [3.8, 4) is 22.0 Å². The Bertz CT molecular complexity index is 1150. The van der Waals surface area contributed by atoms with E-state index in [9.17, 15) is 0 Å². The van der Waals surface area contributed by atoms with E-state index in [1.54, 1.807) is 35.1 Å². The summed E-state index contributed by atoms with van der Waals surface area (Å²) in [5.74, 6) is 0.644. The predicted molar refractivity (Wildman–Crippen MR) is 134 cm³/mol. The first-order chi connectivity index (χ1) is 14.7. The predicted octanol–water partition coefficient (Wildman–Crippen LogP) is 4.77. The van der Waals surface area contributed by atoms with Crippen LogP contribution in [0.25, 0.3) is 31.6 Å². The van der Waals surface area contributed by atoms with Crippen LogP contribution in [0.4, 0.5) is 5.13 Å². The Morgan fingerprint density at radius 2 is 1.59 bits per heavy atom. The number of anilines is 1. The second-order valence-electron chi connectivity index (χ2n) is 9.47. The summed E-state index contributed by atoms with van der Waals surface area (Å²) in [5, 5.41) is 12.4. The van der Waals surface area contributed by atoms with E-state index in [4.69, 9.17) is 9.97 Å². The number of aromatic amines is 1. The summed E-state index contributed by atoms with van der Waals surface area (Å²) in [6.07, 6.45) is 9.27. The smallest absolute Gasteiger partial charge is 0.188 e. The van der Waals surface area contributed by atoms with Crippen molar-refractivity contribution in [2.45, 2.75) is 57.7 Å². The Morgan fingerprint density at radius 3 is 2.19 bits per heavy atom. The molecule has 1 saturated heterocycles. The van der Waals surface area contributed by atoms with E-state index in [-0.39, 0.29) is 23.5 Å². The van der Waals surface area contributed by atoms with Gasteiger partial charge >= 0.3 is 0 Å². The zero-order chi connectivity index (χ0) is 21.8. The highest BCUT2D eigenvalue weighted by molar-refractivity contribution is 7.29. The van der Waals surface area contributed by atoms with E-state index < -0.39 is 0 Å². The molecular formula is C21H27ClN8S2. The van der Waals surface area contributed by atoms with Gasteiger partial charge in [0.25, 0.3) is 0 Å². The molecule has 4 aromatic heterocycles. The lowest BCUT2D eigenvalue weighted by Crippen LogP contribution is -2.61. The van der Waals surface area contributed by atoms with Crippen LogP contribution in [0, 0.1) is 0 Å². The molecule has 1 fully saturated rings. The molecule has 1 aliphatic rings. The molecule has 0 aliphatic carbocycles. The highest BCUT2D eigenvalue weighted by Gasteiger charge is 2.39. The lowest BCUT2D eigenvalue weighted by molar-refractivity contribution is 0.161. The zero-order valence-electron chi connectivity index (χ0n) is 18.7. The number of aromatic nitrogens is 6. The third-order valence-corrected chi connectivity index (χ3v) is 7.81. The van der Waals surface area contributed by atoms with E-state index in [2.05, 4.69) is 65.1 Å². The van der Waals surface area contributed by atoms with Crippen LogP contribution in [0.5, 0.6) is 0 Å². The van der Waals surface area contributed by atoms with Gasteiger partial charge in [-0.1, -0.05) is 22.7 Å². The van der Waals surface area contributed by atoms with Crippen LogP contribution in [-0.4, -0.2) is 54.3 Å². The SMILES string of the molecule is CN(c1nc2sc(-c3cnc(-c4cn[nH]c4)nc3)nc2s1)C1CC(C)(C)NC(C)(C)C1.Cl. The molecule has 11 heteroatoms. The van der Waals surface area contributed by atoms with Crippen molar-refractivity contribution >= 4 is 49.9 Å². The van der Waals surface area contributed by atoms with E-state index >= 15 is 0 Å². The molecule has 5 heterocycles. The lowest BCUT2D eigenvalue weighted by Gasteiger charge is -2.48. The van der Waals surface area contributed by atoms with Gasteiger partial charge in [-0.05, 0) is 40.5 Å². The van der Waals surface area contributed by atoms with Gasteiger partial charge in [-0.15, -0.1) is 12.4 Å². The van der Waals surface area contributed by atoms with Gasteiger partial charge in [0.2, 0.25) is 0 Å². The van der Waals surface area contributed by atoms with Crippen molar-refractivity contribution in [1.29, 1.82) is 0 Å². The van der Waals surface area contributed by atoms with Crippen LogP contribution < -0.4 is 10.2 Å². The Kier molecular flexibility index (Phi) is 6.00. The molecule has 0 bridgehead atoms. The topological polar surface area (TPSA) is 95.5 Å². The van der Waals surface area contributed by atoms with Gasteiger partial charge in [0.1, 0.15) is 5.01 Å². The Morgan fingerprint density at radius 1 is 0.938 bits per heavy atom. The van der Waals surface area contributed by atoms with Gasteiger partial charge < -0.3 is 10.2 Å². The fraction of sp³-hybridized carbons (Fsp3) is 0.476. The number of halogens is 1. The second-order valence-corrected chi connectivity index (χ2v) is 11.4. The molecule has 0 atom stereocenters. The molecule has 1 aliphatic heterocycles. The number of hydrogen-bond acceptors (Lipinski definition) is 9. The van der Waals surface area contributed by atoms with Crippen molar-refractivity contribution in [2.24, 2.45) is 0 Å². The fourth-order valence-electron chi connectivity index (χ4n) is 4.56. The maximum atomic E-state index is 4.91. The molecule has 0 amide bonds. The molecule has 8 nitrogen and oxygen atoms in total. The van der Waals surface area contributed by atoms with E-state index in [0.717, 1.165) is 43.8 Å². The number of nitrogens with one attached hydrogen (secondary N) is 2. The molecule has 32 heavy (non-hydrogen) atoms. The summed E-state index contributed by atoms with van der Waals surface area (Å²) < 4.78 is 0. The van der Waals surface area contributed by atoms with Crippen molar-refractivity contribution in [2.75, 3.05) is 11.9 Å². The Labute approximate surface area is 201 Å². The maximum Gasteiger partial charge on any atom is 0.188 e. The first-order valence-corrected chi connectivity index (χ1v) is 11.9. The number of H-pyrrole nitrogens is 1. The highest BCUT2D eigenvalue weighted by Crippen LogP contribution is 2.39. The molecule has 0 unspecified atom stereocenters. The third-order valence-electron chi connectivity index (χ3n) is 5.64. The number of hydrogen-bond donors (Lipinski definition) is 2. The van der Waals surface area contributed by atoms with Gasteiger partial charge in [0.05, 0.1) is 11.8 Å². The third kappa shape index (κ3) is 4.50. The number of nitrogens with zero attached hydrogens (tertiary/aromatic N) is 6. The lowest BCUT2D eigenvalue weighted by atomic mass is 9.79. The number of rotatable bonds is 4. The van der Waals surface area contributed by atoms with E-state index in [1.807, 2.05) is 12.4 Å². The molecule has 170 valence electrons. The van der Waals surface area contributed by atoms with Gasteiger partial charge in [-0.3, -0.25) is 5.10 Å². The average molecular weight is 491 g/mol. The minimum atomic E-state index is 0. The van der Waals surface area contributed by atoms with Crippen LogP contribution in [-0.2, 0) is 0 Å². The van der Waals surface area contributed by atoms with Crippen molar-refractivity contribution in [1.82, 2.24) is 35.5 Å². The largest absolute Gasteiger partial charge is 0.348 e. The normalized spacial score (nSPS) is 17.9. The quantitative estimate of drug-likeness (QED) is 0.425. The van der Waals surface area contributed by atoms with Crippen LogP contribution in [0.15, 0.2) is 24.8 Å². The van der Waals surface area contributed by atoms with Gasteiger partial charge in [-0.25, -0.2) is 19.9 Å². The summed E-state index contributed by atoms with van der Waals surface area (Å²) >= 11 is 3.25. The first-order valence-electron chi connectivity index (χ1n) is 10.3. The summed E-state index contributed by atoms with van der Waals surface area (Å²) in [6.45, 7) is 9.12. The molecule has 0 saturated carbocycles. The first kappa shape index (κ1) is 23.0. The Hall–Kier alpha value is -2.14. The second kappa shape index (κ2) is 8.33. The molecule has 0 spiro atoms. The molecular weight excluding hydrogens is 464 g/mol. The average Bonchev–Trinajstić information content (AvgIpc) is 3.41. The van der Waals surface area contributed by atoms with Crippen LogP contribution in [0.2, 0.25) is 0 Å². The van der Waals surface area contributed by atoms with Gasteiger partial charge in [-0.2, -0.15) is 5.10 Å². The monoisotopic (exact) mass is 490 g/mol. The van der Waals surface area contributed by atoms with Crippen molar-refractivity contribution in [3.63, 3.8) is 0 Å². The van der Waals surface area contributed by atoms with Crippen LogP contribution >= 0.6 is 35.1 Å². The minimum Gasteiger partial charge on any atom is -0.348 e. The fourth-order valence-corrected chi connectivity index (χ4v) is 6.61. The van der Waals surface area contributed by atoms with Crippen LogP contribution in [0.3, 0.4) is 0 Å². The highest BCUT2D eigenvalue weighted by atomic mass is 35.5. The van der Waals surface area contributed by atoms with Crippen molar-refractivity contribution < 1.29 is 0 Å². The van der Waals surface area contributed by atoms with Crippen molar-refractivity contribution in [3.05, 3.63) is 24.8 Å². The van der Waals surface area contributed by atoms with E-state index in [1.165, 1.54) is 0 Å². The van der Waals surface area contributed by atoms with Gasteiger partial charge in [0, 0.05) is 48.3 Å². The maximum absolute atomic E-state index is 4.91. The molecule has 4 aromatic rings. The molecule has 5 rings (SSSR count). The number of piperidine rings is 1. The molecule has 0 radical (unpaired) electrons. The summed E-state index contributed by atoms with van der Waals surface area (Å²) in [4.78, 5) is 22.9. The zero-order valence-corrected chi connectivity index (χ0v) is 21.2. The number of fused-ring (bicyclic) bond motifs is 1. The minimum absolute atomic E-state index is 0. The summed E-state index contributed by atoms with van der Waals surface area (Å²) in [5.41, 5.74) is 1.97. The Balaban J connectivity index is 0.00000245. The van der Waals surface area contributed by atoms with E-state index in [0.29, 0.717) is 11.9 Å².